The Morgan fingerprint density at radius 1 is 0.882 bits per heavy atom. The first-order valence-electron chi connectivity index (χ1n) is 11.3. The number of aliphatic hydroxyl groups excluding tert-OH is 1. The van der Waals surface area contributed by atoms with Crippen molar-refractivity contribution in [3.63, 3.8) is 0 Å². The highest BCUT2D eigenvalue weighted by atomic mass is 16.5. The van der Waals surface area contributed by atoms with Gasteiger partial charge in [-0.2, -0.15) is 0 Å². The number of alkyl carbamates (subject to hydrolysis) is 1. The largest absolute Gasteiger partial charge is 0.467 e. The van der Waals surface area contributed by atoms with Gasteiger partial charge in [0, 0.05) is 0 Å². The minimum absolute atomic E-state index is 0.0303. The minimum atomic E-state index is -1.35. The van der Waals surface area contributed by atoms with E-state index in [4.69, 9.17) is 9.47 Å². The van der Waals surface area contributed by atoms with E-state index in [1.54, 1.807) is 26.0 Å². The third-order valence-corrected chi connectivity index (χ3v) is 5.01. The van der Waals surface area contributed by atoms with Crippen LogP contribution in [-0.2, 0) is 30.5 Å². The molecule has 1 aromatic carbocycles. The molecule has 0 aliphatic heterocycles. The van der Waals surface area contributed by atoms with Gasteiger partial charge in [0.25, 0.3) is 0 Å². The molecule has 4 atom stereocenters. The summed E-state index contributed by atoms with van der Waals surface area (Å²) in [4.78, 5) is 50.0. The maximum Gasteiger partial charge on any atom is 0.408 e. The molecule has 34 heavy (non-hydrogen) atoms. The number of nitrogens with one attached hydrogen (secondary N) is 3. The number of carbonyl (C=O) groups is 4. The highest BCUT2D eigenvalue weighted by Crippen LogP contribution is 2.09. The zero-order chi connectivity index (χ0) is 25.8. The summed E-state index contributed by atoms with van der Waals surface area (Å²) in [6.07, 6.45) is -1.74. The zero-order valence-electron chi connectivity index (χ0n) is 20.7. The van der Waals surface area contributed by atoms with Crippen LogP contribution in [0, 0.1) is 11.8 Å². The summed E-state index contributed by atoms with van der Waals surface area (Å²) in [5.74, 6) is -2.30. The van der Waals surface area contributed by atoms with Crippen LogP contribution >= 0.6 is 0 Å². The number of hydrogen-bond donors (Lipinski definition) is 4. The molecular formula is C24H37N3O7. The van der Waals surface area contributed by atoms with Crippen molar-refractivity contribution >= 4 is 23.9 Å². The second kappa shape index (κ2) is 14.2. The van der Waals surface area contributed by atoms with Gasteiger partial charge in [-0.15, -0.1) is 0 Å². The molecule has 4 N–H and O–H groups in total. The van der Waals surface area contributed by atoms with Crippen LogP contribution in [0.25, 0.3) is 0 Å². The molecule has 1 rings (SSSR count). The fraction of sp³-hybridized carbons (Fsp3) is 0.583. The van der Waals surface area contributed by atoms with Crippen molar-refractivity contribution in [3.05, 3.63) is 35.9 Å². The van der Waals surface area contributed by atoms with Gasteiger partial charge in [0.15, 0.2) is 0 Å². The Labute approximate surface area is 200 Å². The lowest BCUT2D eigenvalue weighted by Gasteiger charge is -2.27. The number of ether oxygens (including phenoxy) is 2. The molecule has 0 spiro atoms. The third kappa shape index (κ3) is 9.78. The van der Waals surface area contributed by atoms with E-state index in [0.717, 1.165) is 5.56 Å². The molecule has 0 saturated carbocycles. The molecule has 0 heterocycles. The smallest absolute Gasteiger partial charge is 0.408 e. The van der Waals surface area contributed by atoms with Crippen molar-refractivity contribution in [1.29, 1.82) is 0 Å². The van der Waals surface area contributed by atoms with Crippen molar-refractivity contribution in [3.8, 4) is 0 Å². The molecule has 0 saturated heterocycles. The molecule has 10 nitrogen and oxygen atoms in total. The number of benzene rings is 1. The Morgan fingerprint density at radius 3 is 1.97 bits per heavy atom. The Bertz CT molecular complexity index is 812. The number of amides is 3. The van der Waals surface area contributed by atoms with Crippen LogP contribution in [0.2, 0.25) is 0 Å². The lowest BCUT2D eigenvalue weighted by atomic mass is 10.0. The molecule has 3 unspecified atom stereocenters. The van der Waals surface area contributed by atoms with Crippen molar-refractivity contribution < 1.29 is 33.8 Å². The van der Waals surface area contributed by atoms with Crippen LogP contribution < -0.4 is 16.0 Å². The average molecular weight is 480 g/mol. The van der Waals surface area contributed by atoms with Gasteiger partial charge in [0.1, 0.15) is 24.7 Å². The lowest BCUT2D eigenvalue weighted by molar-refractivity contribution is -0.146. The third-order valence-electron chi connectivity index (χ3n) is 5.01. The highest BCUT2D eigenvalue weighted by Gasteiger charge is 2.33. The normalized spacial score (nSPS) is 14.5. The molecule has 1 aromatic rings. The number of rotatable bonds is 12. The van der Waals surface area contributed by atoms with Crippen LogP contribution in [0.3, 0.4) is 0 Å². The summed E-state index contributed by atoms with van der Waals surface area (Å²) < 4.78 is 9.92. The van der Waals surface area contributed by atoms with Crippen molar-refractivity contribution in [2.45, 2.75) is 71.9 Å². The summed E-state index contributed by atoms with van der Waals surface area (Å²) in [6, 6.07) is 5.76. The fourth-order valence-corrected chi connectivity index (χ4v) is 3.16. The first-order chi connectivity index (χ1) is 16.0. The minimum Gasteiger partial charge on any atom is -0.467 e. The van der Waals surface area contributed by atoms with Crippen LogP contribution in [-0.4, -0.2) is 60.3 Å². The topological polar surface area (TPSA) is 143 Å². The molecule has 0 radical (unpaired) electrons. The van der Waals surface area contributed by atoms with Crippen LogP contribution in [0.15, 0.2) is 30.3 Å². The maximum atomic E-state index is 12.9. The standard InChI is InChI=1S/C24H37N3O7/c1-14(2)12-18(23(31)33-6)25-22(30)20(16(5)28)26-21(29)19(15(3)4)27-24(32)34-13-17-10-8-7-9-11-17/h7-11,14-16,18-20,28H,12-13H2,1-6H3,(H,25,30)(H,26,29)(H,27,32)/t16-,18?,19?,20?/m1/s1. The zero-order valence-corrected chi connectivity index (χ0v) is 20.7. The summed E-state index contributed by atoms with van der Waals surface area (Å²) in [5, 5.41) is 17.6. The average Bonchev–Trinajstić information content (AvgIpc) is 2.78. The van der Waals surface area contributed by atoms with Gasteiger partial charge >= 0.3 is 12.1 Å². The molecule has 0 fully saturated rings. The van der Waals surface area contributed by atoms with Crippen LogP contribution in [0.5, 0.6) is 0 Å². The second-order valence-electron chi connectivity index (χ2n) is 8.87. The van der Waals surface area contributed by atoms with E-state index < -0.39 is 48.1 Å². The maximum absolute atomic E-state index is 12.9. The van der Waals surface area contributed by atoms with Gasteiger partial charge in [-0.3, -0.25) is 9.59 Å². The number of carbonyl (C=O) groups excluding carboxylic acids is 4. The summed E-state index contributed by atoms with van der Waals surface area (Å²) in [7, 11) is 1.21. The number of aliphatic hydroxyl groups is 1. The Kier molecular flexibility index (Phi) is 12.1. The predicted octanol–water partition coefficient (Wildman–Crippen LogP) is 1.51. The number of esters is 1. The van der Waals surface area contributed by atoms with Crippen molar-refractivity contribution in [2.75, 3.05) is 7.11 Å². The van der Waals surface area contributed by atoms with E-state index >= 15 is 0 Å². The summed E-state index contributed by atoms with van der Waals surface area (Å²) >= 11 is 0. The van der Waals surface area contributed by atoms with E-state index in [9.17, 15) is 24.3 Å². The van der Waals surface area contributed by atoms with E-state index in [1.165, 1.54) is 14.0 Å². The van der Waals surface area contributed by atoms with Gasteiger partial charge < -0.3 is 30.5 Å². The van der Waals surface area contributed by atoms with Gasteiger partial charge in [0.05, 0.1) is 13.2 Å². The first-order valence-corrected chi connectivity index (χ1v) is 11.3. The fourth-order valence-electron chi connectivity index (χ4n) is 3.16. The van der Waals surface area contributed by atoms with Gasteiger partial charge in [0.2, 0.25) is 11.8 Å². The molecule has 0 aromatic heterocycles. The molecule has 0 aliphatic carbocycles. The Hall–Kier alpha value is -3.14. The molecule has 190 valence electrons. The van der Waals surface area contributed by atoms with E-state index in [0.29, 0.717) is 6.42 Å². The van der Waals surface area contributed by atoms with Gasteiger partial charge in [-0.1, -0.05) is 58.0 Å². The molecule has 3 amide bonds. The first kappa shape index (κ1) is 28.9. The quantitative estimate of drug-likeness (QED) is 0.333. The van der Waals surface area contributed by atoms with E-state index in [-0.39, 0.29) is 18.4 Å². The van der Waals surface area contributed by atoms with Gasteiger partial charge in [-0.25, -0.2) is 9.59 Å². The van der Waals surface area contributed by atoms with Gasteiger partial charge in [-0.05, 0) is 30.7 Å². The van der Waals surface area contributed by atoms with Crippen LogP contribution in [0.4, 0.5) is 4.79 Å². The predicted molar refractivity (Wildman–Crippen MR) is 125 cm³/mol. The number of hydrogen-bond acceptors (Lipinski definition) is 7. The van der Waals surface area contributed by atoms with E-state index in [2.05, 4.69) is 16.0 Å². The molecule has 0 bridgehead atoms. The van der Waals surface area contributed by atoms with Crippen molar-refractivity contribution in [1.82, 2.24) is 16.0 Å². The SMILES string of the molecule is COC(=O)C(CC(C)C)NC(=O)C(NC(=O)C(NC(=O)OCc1ccccc1)C(C)C)[C@@H](C)O. The Morgan fingerprint density at radius 2 is 1.47 bits per heavy atom. The molecule has 10 heteroatoms. The summed E-state index contributed by atoms with van der Waals surface area (Å²) in [5.41, 5.74) is 0.788. The molecular weight excluding hydrogens is 442 g/mol. The summed E-state index contributed by atoms with van der Waals surface area (Å²) in [6.45, 7) is 8.57. The Balaban J connectivity index is 2.83. The second-order valence-corrected chi connectivity index (χ2v) is 8.87. The molecule has 0 aliphatic rings. The highest BCUT2D eigenvalue weighted by molar-refractivity contribution is 5.93. The monoisotopic (exact) mass is 479 g/mol. The van der Waals surface area contributed by atoms with E-state index in [1.807, 2.05) is 32.0 Å². The van der Waals surface area contributed by atoms with Crippen molar-refractivity contribution in [2.24, 2.45) is 11.8 Å². The number of methoxy groups -OCH3 is 1. The van der Waals surface area contributed by atoms with Crippen LogP contribution in [0.1, 0.15) is 46.6 Å². The lowest BCUT2D eigenvalue weighted by Crippen LogP contribution is -2.60.